The molecule has 4 aromatic heterocycles. The smallest absolute Gasteiger partial charge is 0.291 e. The zero-order valence-electron chi connectivity index (χ0n) is 14.9. The molecule has 3 N–H and O–H groups in total. The maximum atomic E-state index is 13.4. The van der Waals surface area contributed by atoms with Gasteiger partial charge in [0, 0.05) is 30.7 Å². The standard InChI is InChI=1S/C18H16FN7OS/c1-25-15-11(8-23-26(18(15)27)9-13(21)12(19)7-20)16-17(25)24-14(28-16)6-10-4-2-3-5-22-10/h2-5,7-8,20H,6,9,21H2,1H3. The van der Waals surface area contributed by atoms with Crippen molar-refractivity contribution in [1.82, 2.24) is 24.3 Å². The molecule has 4 heterocycles. The molecule has 0 aliphatic carbocycles. The van der Waals surface area contributed by atoms with Gasteiger partial charge in [0.15, 0.2) is 11.5 Å². The number of hydrogen-bond acceptors (Lipinski definition) is 7. The number of pyridine rings is 1. The third-order valence-corrected chi connectivity index (χ3v) is 5.46. The minimum absolute atomic E-state index is 0.226. The molecule has 0 aliphatic heterocycles. The Morgan fingerprint density at radius 3 is 2.96 bits per heavy atom. The van der Waals surface area contributed by atoms with Crippen LogP contribution in [0.1, 0.15) is 10.7 Å². The molecular formula is C18H16FN7OS. The van der Waals surface area contributed by atoms with Crippen LogP contribution in [0.4, 0.5) is 4.39 Å². The van der Waals surface area contributed by atoms with Gasteiger partial charge >= 0.3 is 0 Å². The SMILES string of the molecule is Cn1c2nc(Cc3ccccn3)sc2c2cnn(CC(N)=C(F)C=N)c(=O)c21. The van der Waals surface area contributed by atoms with E-state index in [-0.39, 0.29) is 12.2 Å². The van der Waals surface area contributed by atoms with E-state index in [1.807, 2.05) is 18.2 Å². The van der Waals surface area contributed by atoms with Crippen molar-refractivity contribution in [3.8, 4) is 0 Å². The first-order valence-corrected chi connectivity index (χ1v) is 9.19. The first-order valence-electron chi connectivity index (χ1n) is 8.38. The molecule has 0 aliphatic rings. The van der Waals surface area contributed by atoms with Crippen LogP contribution in [0.15, 0.2) is 46.9 Å². The predicted octanol–water partition coefficient (Wildman–Crippen LogP) is 2.12. The summed E-state index contributed by atoms with van der Waals surface area (Å²) in [5.41, 5.74) is 7.01. The number of rotatable bonds is 5. The summed E-state index contributed by atoms with van der Waals surface area (Å²) in [6.45, 7) is -0.229. The quantitative estimate of drug-likeness (QED) is 0.501. The van der Waals surface area contributed by atoms with E-state index in [1.54, 1.807) is 24.0 Å². The summed E-state index contributed by atoms with van der Waals surface area (Å²) in [5, 5.41) is 12.6. The fourth-order valence-electron chi connectivity index (χ4n) is 3.01. The number of aromatic nitrogens is 5. The minimum atomic E-state index is -0.887. The van der Waals surface area contributed by atoms with E-state index in [2.05, 4.69) is 15.1 Å². The number of fused-ring (bicyclic) bond motifs is 3. The third-order valence-electron chi connectivity index (χ3n) is 4.38. The van der Waals surface area contributed by atoms with Gasteiger partial charge in [-0.1, -0.05) is 6.07 Å². The van der Waals surface area contributed by atoms with Gasteiger partial charge in [-0.3, -0.25) is 9.78 Å². The third kappa shape index (κ3) is 2.97. The van der Waals surface area contributed by atoms with E-state index < -0.39 is 11.4 Å². The van der Waals surface area contributed by atoms with Crippen molar-refractivity contribution in [2.75, 3.05) is 0 Å². The number of hydrogen-bond donors (Lipinski definition) is 2. The lowest BCUT2D eigenvalue weighted by molar-refractivity contribution is 0.597. The fraction of sp³-hybridized carbons (Fsp3) is 0.167. The van der Waals surface area contributed by atoms with Gasteiger partial charge in [-0.15, -0.1) is 11.3 Å². The van der Waals surface area contributed by atoms with Crippen LogP contribution in [-0.4, -0.2) is 30.5 Å². The lowest BCUT2D eigenvalue weighted by Crippen LogP contribution is -2.27. The van der Waals surface area contributed by atoms with Crippen LogP contribution in [0.25, 0.3) is 21.3 Å². The van der Waals surface area contributed by atoms with Crippen LogP contribution >= 0.6 is 11.3 Å². The summed E-state index contributed by atoms with van der Waals surface area (Å²) >= 11 is 1.50. The summed E-state index contributed by atoms with van der Waals surface area (Å²) in [7, 11) is 1.76. The zero-order chi connectivity index (χ0) is 19.8. The molecular weight excluding hydrogens is 381 g/mol. The van der Waals surface area contributed by atoms with Crippen LogP contribution in [0.2, 0.25) is 0 Å². The van der Waals surface area contributed by atoms with Crippen molar-refractivity contribution in [2.24, 2.45) is 12.8 Å². The fourth-order valence-corrected chi connectivity index (χ4v) is 4.13. The molecule has 0 saturated heterocycles. The van der Waals surface area contributed by atoms with Crippen molar-refractivity contribution < 1.29 is 4.39 Å². The molecule has 0 amide bonds. The normalized spacial score (nSPS) is 12.5. The first kappa shape index (κ1) is 18.0. The van der Waals surface area contributed by atoms with Gasteiger partial charge in [0.2, 0.25) is 0 Å². The number of nitrogens with zero attached hydrogens (tertiary/aromatic N) is 5. The number of aryl methyl sites for hydroxylation is 1. The Morgan fingerprint density at radius 2 is 2.25 bits per heavy atom. The van der Waals surface area contributed by atoms with E-state index >= 15 is 0 Å². The van der Waals surface area contributed by atoms with E-state index in [4.69, 9.17) is 11.1 Å². The second-order valence-corrected chi connectivity index (χ2v) is 7.29. The molecule has 10 heteroatoms. The van der Waals surface area contributed by atoms with E-state index in [0.717, 1.165) is 20.1 Å². The Balaban J connectivity index is 1.79. The highest BCUT2D eigenvalue weighted by molar-refractivity contribution is 7.19. The molecule has 4 rings (SSSR count). The van der Waals surface area contributed by atoms with Crippen molar-refractivity contribution in [2.45, 2.75) is 13.0 Å². The van der Waals surface area contributed by atoms with E-state index in [1.165, 1.54) is 11.3 Å². The van der Waals surface area contributed by atoms with Gasteiger partial charge in [-0.05, 0) is 12.1 Å². The Morgan fingerprint density at radius 1 is 1.43 bits per heavy atom. The molecule has 0 atom stereocenters. The molecule has 4 aromatic rings. The van der Waals surface area contributed by atoms with Crippen molar-refractivity contribution >= 4 is 38.8 Å². The van der Waals surface area contributed by atoms with E-state index in [9.17, 15) is 9.18 Å². The number of nitrogens with one attached hydrogen (secondary N) is 1. The zero-order valence-corrected chi connectivity index (χ0v) is 15.7. The number of halogens is 1. The summed E-state index contributed by atoms with van der Waals surface area (Å²) in [5.74, 6) is -0.887. The van der Waals surface area contributed by atoms with Gasteiger partial charge in [-0.25, -0.2) is 14.1 Å². The van der Waals surface area contributed by atoms with Crippen LogP contribution in [-0.2, 0) is 20.0 Å². The lowest BCUT2D eigenvalue weighted by atomic mass is 10.3. The Bertz CT molecular complexity index is 1290. The van der Waals surface area contributed by atoms with E-state index in [0.29, 0.717) is 29.2 Å². The number of allylic oxidation sites excluding steroid dienone is 2. The van der Waals surface area contributed by atoms with Gasteiger partial charge in [-0.2, -0.15) is 5.10 Å². The predicted molar refractivity (Wildman–Crippen MR) is 106 cm³/mol. The Kier molecular flexibility index (Phi) is 4.47. The van der Waals surface area contributed by atoms with Crippen molar-refractivity contribution in [3.63, 3.8) is 0 Å². The van der Waals surface area contributed by atoms with Gasteiger partial charge < -0.3 is 15.7 Å². The maximum absolute atomic E-state index is 13.4. The van der Waals surface area contributed by atoms with Gasteiger partial charge in [0.25, 0.3) is 5.56 Å². The number of thiazole rings is 1. The molecule has 0 radical (unpaired) electrons. The summed E-state index contributed by atoms with van der Waals surface area (Å²) < 4.78 is 17.1. The first-order chi connectivity index (χ1) is 13.5. The topological polar surface area (TPSA) is 115 Å². The summed E-state index contributed by atoms with van der Waals surface area (Å²) in [4.78, 5) is 21.8. The second kappa shape index (κ2) is 6.97. The molecule has 0 spiro atoms. The monoisotopic (exact) mass is 397 g/mol. The molecule has 0 aromatic carbocycles. The van der Waals surface area contributed by atoms with Crippen LogP contribution in [0.3, 0.4) is 0 Å². The highest BCUT2D eigenvalue weighted by Crippen LogP contribution is 2.31. The van der Waals surface area contributed by atoms with Crippen LogP contribution in [0, 0.1) is 5.41 Å². The molecule has 0 bridgehead atoms. The van der Waals surface area contributed by atoms with Crippen molar-refractivity contribution in [1.29, 1.82) is 5.41 Å². The van der Waals surface area contributed by atoms with Gasteiger partial charge in [0.1, 0.15) is 10.5 Å². The molecule has 28 heavy (non-hydrogen) atoms. The van der Waals surface area contributed by atoms with Crippen LogP contribution in [0.5, 0.6) is 0 Å². The maximum Gasteiger partial charge on any atom is 0.291 e. The Labute approximate surface area is 162 Å². The summed E-state index contributed by atoms with van der Waals surface area (Å²) in [6, 6.07) is 5.73. The summed E-state index contributed by atoms with van der Waals surface area (Å²) in [6.07, 6.45) is 4.42. The highest BCUT2D eigenvalue weighted by atomic mass is 32.1. The molecule has 0 saturated carbocycles. The average molecular weight is 397 g/mol. The minimum Gasteiger partial charge on any atom is -0.398 e. The molecule has 0 unspecified atom stereocenters. The lowest BCUT2D eigenvalue weighted by Gasteiger charge is -2.06. The largest absolute Gasteiger partial charge is 0.398 e. The number of nitrogens with two attached hydrogens (primary N) is 1. The molecule has 0 fully saturated rings. The Hall–Kier alpha value is -3.40. The second-order valence-electron chi connectivity index (χ2n) is 6.20. The van der Waals surface area contributed by atoms with Gasteiger partial charge in [0.05, 0.1) is 29.4 Å². The van der Waals surface area contributed by atoms with Crippen LogP contribution < -0.4 is 11.3 Å². The van der Waals surface area contributed by atoms with Crippen molar-refractivity contribution in [3.05, 3.63) is 63.2 Å². The molecule has 142 valence electrons. The average Bonchev–Trinajstić information content (AvgIpc) is 3.22. The molecule has 8 nitrogen and oxygen atoms in total. The highest BCUT2D eigenvalue weighted by Gasteiger charge is 2.18.